The van der Waals surface area contributed by atoms with Crippen molar-refractivity contribution >= 4 is 0 Å². The lowest BCUT2D eigenvalue weighted by Crippen LogP contribution is -2.39. The van der Waals surface area contributed by atoms with E-state index in [1.165, 1.54) is 31.2 Å². The van der Waals surface area contributed by atoms with Crippen LogP contribution in [-0.4, -0.2) is 0 Å². The summed E-state index contributed by atoms with van der Waals surface area (Å²) in [6, 6.07) is 20.6. The molecule has 2 aromatic rings. The molecule has 0 heterocycles. The Hall–Kier alpha value is -1.56. The normalized spacial score (nSPS) is 36.5. The van der Waals surface area contributed by atoms with E-state index >= 15 is 0 Å². The highest BCUT2D eigenvalue weighted by atomic mass is 14.7. The first-order valence-corrected chi connectivity index (χ1v) is 9.27. The van der Waals surface area contributed by atoms with E-state index in [0.717, 1.165) is 11.8 Å². The molecule has 0 nitrogen and oxygen atoms in total. The quantitative estimate of drug-likeness (QED) is 0.594. The van der Waals surface area contributed by atoms with Crippen LogP contribution in [0.2, 0.25) is 0 Å². The zero-order chi connectivity index (χ0) is 15.7. The highest BCUT2D eigenvalue weighted by Gasteiger charge is 2.65. The lowest BCUT2D eigenvalue weighted by molar-refractivity contribution is 0.0835. The van der Waals surface area contributed by atoms with Gasteiger partial charge in [-0.2, -0.15) is 0 Å². The maximum absolute atomic E-state index is 2.57. The summed E-state index contributed by atoms with van der Waals surface area (Å²) in [7, 11) is 0. The second kappa shape index (κ2) is 4.50. The predicted octanol–water partition coefficient (Wildman–Crippen LogP) is 6.13. The summed E-state index contributed by atoms with van der Waals surface area (Å²) in [5.74, 6) is 2.31. The molecule has 2 saturated carbocycles. The highest BCUT2D eigenvalue weighted by molar-refractivity contribution is 5.46. The van der Waals surface area contributed by atoms with Gasteiger partial charge in [0.15, 0.2) is 0 Å². The third kappa shape index (κ3) is 1.62. The van der Waals surface area contributed by atoms with E-state index in [1.807, 2.05) is 0 Å². The molecule has 2 bridgehead atoms. The monoisotopic (exact) mass is 302 g/mol. The van der Waals surface area contributed by atoms with Crippen LogP contribution in [0.25, 0.3) is 0 Å². The van der Waals surface area contributed by atoms with Crippen molar-refractivity contribution in [3.8, 4) is 0 Å². The minimum Gasteiger partial charge on any atom is -0.0622 e. The highest BCUT2D eigenvalue weighted by Crippen LogP contribution is 2.75. The molecule has 5 rings (SSSR count). The van der Waals surface area contributed by atoms with Crippen molar-refractivity contribution in [2.24, 2.45) is 16.7 Å². The maximum Gasteiger partial charge on any atom is 0.00978 e. The van der Waals surface area contributed by atoms with Gasteiger partial charge in [-0.05, 0) is 65.0 Å². The second-order valence-electron chi connectivity index (χ2n) is 8.70. The Labute approximate surface area is 139 Å². The molecular weight excluding hydrogens is 276 g/mol. The van der Waals surface area contributed by atoms with Crippen LogP contribution >= 0.6 is 0 Å². The Kier molecular flexibility index (Phi) is 2.71. The van der Waals surface area contributed by atoms with Crippen LogP contribution in [0.1, 0.15) is 68.1 Å². The van der Waals surface area contributed by atoms with Crippen LogP contribution < -0.4 is 0 Å². The lowest BCUT2D eigenvalue weighted by Gasteiger charge is -2.49. The van der Waals surface area contributed by atoms with E-state index in [0.29, 0.717) is 16.7 Å². The molecule has 0 aromatic heterocycles. The molecule has 3 aliphatic carbocycles. The molecule has 118 valence electrons. The Morgan fingerprint density at radius 3 is 2.30 bits per heavy atom. The van der Waals surface area contributed by atoms with Gasteiger partial charge in [-0.25, -0.2) is 0 Å². The molecule has 0 amide bonds. The topological polar surface area (TPSA) is 0 Å². The minimum absolute atomic E-state index is 0.498. The number of hydrogen-bond donors (Lipinski definition) is 0. The van der Waals surface area contributed by atoms with Crippen LogP contribution in [0.15, 0.2) is 54.6 Å². The number of benzene rings is 2. The van der Waals surface area contributed by atoms with Crippen LogP contribution in [0.3, 0.4) is 0 Å². The van der Waals surface area contributed by atoms with E-state index in [2.05, 4.69) is 68.4 Å². The fraction of sp³-hybridized carbons (Fsp3) is 0.478. The van der Waals surface area contributed by atoms with Gasteiger partial charge in [0.2, 0.25) is 0 Å². The zero-order valence-corrected chi connectivity index (χ0v) is 14.3. The van der Waals surface area contributed by atoms with Gasteiger partial charge in [0.25, 0.3) is 0 Å². The Balaban J connectivity index is 1.72. The Morgan fingerprint density at radius 1 is 0.870 bits per heavy atom. The minimum atomic E-state index is 0.498. The zero-order valence-electron chi connectivity index (χ0n) is 14.3. The summed E-state index contributed by atoms with van der Waals surface area (Å²) in [4.78, 5) is 0. The lowest BCUT2D eigenvalue weighted by atomic mass is 9.54. The Bertz CT molecular complexity index is 742. The predicted molar refractivity (Wildman–Crippen MR) is 95.6 cm³/mol. The summed E-state index contributed by atoms with van der Waals surface area (Å²) in [6.07, 6.45) is 5.66. The van der Waals surface area contributed by atoms with Gasteiger partial charge in [0.1, 0.15) is 0 Å². The van der Waals surface area contributed by atoms with E-state index in [9.17, 15) is 0 Å². The average Bonchev–Trinajstić information content (AvgIpc) is 2.97. The van der Waals surface area contributed by atoms with Crippen molar-refractivity contribution in [1.82, 2.24) is 0 Å². The first-order valence-electron chi connectivity index (χ1n) is 9.27. The molecule has 1 unspecified atom stereocenters. The first kappa shape index (κ1) is 13.8. The molecule has 0 heteroatoms. The molecule has 0 radical (unpaired) electrons. The molecule has 1 spiro atoms. The fourth-order valence-corrected chi connectivity index (χ4v) is 6.60. The van der Waals surface area contributed by atoms with Gasteiger partial charge >= 0.3 is 0 Å². The van der Waals surface area contributed by atoms with Crippen molar-refractivity contribution < 1.29 is 0 Å². The summed E-state index contributed by atoms with van der Waals surface area (Å²) >= 11 is 0. The molecular formula is C23H26. The van der Waals surface area contributed by atoms with Gasteiger partial charge in [0, 0.05) is 5.92 Å². The van der Waals surface area contributed by atoms with Gasteiger partial charge in [-0.1, -0.05) is 68.4 Å². The molecule has 0 saturated heterocycles. The molecule has 2 aromatic carbocycles. The molecule has 23 heavy (non-hydrogen) atoms. The van der Waals surface area contributed by atoms with Crippen molar-refractivity contribution in [3.05, 3.63) is 71.3 Å². The van der Waals surface area contributed by atoms with Crippen molar-refractivity contribution in [2.45, 2.75) is 51.4 Å². The summed E-state index contributed by atoms with van der Waals surface area (Å²) in [5.41, 5.74) is 5.81. The van der Waals surface area contributed by atoms with Gasteiger partial charge in [-0.3, -0.25) is 0 Å². The molecule has 0 aliphatic heterocycles. The van der Waals surface area contributed by atoms with Crippen molar-refractivity contribution in [1.29, 1.82) is 0 Å². The average molecular weight is 302 g/mol. The summed E-state index contributed by atoms with van der Waals surface area (Å²) < 4.78 is 0. The van der Waals surface area contributed by atoms with E-state index in [4.69, 9.17) is 0 Å². The van der Waals surface area contributed by atoms with Crippen LogP contribution in [0.5, 0.6) is 0 Å². The molecule has 0 N–H and O–H groups in total. The first-order chi connectivity index (χ1) is 11.1. The fourth-order valence-electron chi connectivity index (χ4n) is 6.60. The summed E-state index contributed by atoms with van der Waals surface area (Å²) in [6.45, 7) is 5.14. The molecule has 2 fully saturated rings. The number of fused-ring (bicyclic) bond motifs is 3. The van der Waals surface area contributed by atoms with Crippen LogP contribution in [0.4, 0.5) is 0 Å². The number of hydrogen-bond acceptors (Lipinski definition) is 0. The van der Waals surface area contributed by atoms with E-state index in [-0.39, 0.29) is 0 Å². The van der Waals surface area contributed by atoms with Crippen LogP contribution in [-0.2, 0) is 0 Å². The summed E-state index contributed by atoms with van der Waals surface area (Å²) in [5, 5.41) is 0. The standard InChI is InChI=1S/C23H26/c1-22(2)17-12-13-23(22)15-20(16-8-4-3-5-9-16)18-10-6-7-11-19(18)21(23)14-17/h3-11,17,20-21H,12-15H2,1-2H3/t17-,20+,21?,23-/m0/s1. The SMILES string of the molecule is CC1(C)[C@H]2CC[C@@]13C[C@H](c1ccccc1)c1ccccc1C3C2. The smallest absolute Gasteiger partial charge is 0.00978 e. The molecule has 3 aliphatic rings. The van der Waals surface area contributed by atoms with Gasteiger partial charge in [-0.15, -0.1) is 0 Å². The third-order valence-corrected chi connectivity index (χ3v) is 7.95. The number of rotatable bonds is 1. The van der Waals surface area contributed by atoms with Crippen molar-refractivity contribution in [3.63, 3.8) is 0 Å². The van der Waals surface area contributed by atoms with Gasteiger partial charge in [0.05, 0.1) is 0 Å². The largest absolute Gasteiger partial charge is 0.0622 e. The maximum atomic E-state index is 2.57. The van der Waals surface area contributed by atoms with E-state index in [1.54, 1.807) is 11.1 Å². The third-order valence-electron chi connectivity index (χ3n) is 7.95. The van der Waals surface area contributed by atoms with Gasteiger partial charge < -0.3 is 0 Å². The van der Waals surface area contributed by atoms with E-state index < -0.39 is 0 Å². The second-order valence-corrected chi connectivity index (χ2v) is 8.70. The Morgan fingerprint density at radius 2 is 1.57 bits per heavy atom. The molecule has 4 atom stereocenters. The van der Waals surface area contributed by atoms with Crippen molar-refractivity contribution in [2.75, 3.05) is 0 Å². The van der Waals surface area contributed by atoms with Crippen LogP contribution in [0, 0.1) is 16.7 Å².